The van der Waals surface area contributed by atoms with Crippen molar-refractivity contribution in [2.45, 2.75) is 31.9 Å². The SMILES string of the molecule is C[C@H](c1ccccc1)N1CC(CC2CO2)(C(=O)O)CC1=O. The Balaban J connectivity index is 1.81. The highest BCUT2D eigenvalue weighted by Crippen LogP contribution is 2.42. The van der Waals surface area contributed by atoms with Crippen molar-refractivity contribution in [3.05, 3.63) is 35.9 Å². The number of ether oxygens (including phenoxy) is 1. The normalized spacial score (nSPS) is 29.5. The van der Waals surface area contributed by atoms with Crippen LogP contribution in [0.4, 0.5) is 0 Å². The van der Waals surface area contributed by atoms with Gasteiger partial charge in [-0.15, -0.1) is 0 Å². The fourth-order valence-corrected chi connectivity index (χ4v) is 3.11. The Morgan fingerprint density at radius 1 is 1.48 bits per heavy atom. The summed E-state index contributed by atoms with van der Waals surface area (Å²) in [6, 6.07) is 9.59. The lowest BCUT2D eigenvalue weighted by molar-refractivity contribution is -0.149. The molecule has 2 aliphatic heterocycles. The number of aliphatic carboxylic acids is 1. The van der Waals surface area contributed by atoms with Gasteiger partial charge < -0.3 is 14.7 Å². The van der Waals surface area contributed by atoms with E-state index in [1.54, 1.807) is 4.90 Å². The predicted molar refractivity (Wildman–Crippen MR) is 75.6 cm³/mol. The summed E-state index contributed by atoms with van der Waals surface area (Å²) < 4.78 is 5.17. The van der Waals surface area contributed by atoms with E-state index < -0.39 is 11.4 Å². The van der Waals surface area contributed by atoms with Gasteiger partial charge in [0.1, 0.15) is 0 Å². The third-order valence-electron chi connectivity index (χ3n) is 4.51. The Hall–Kier alpha value is -1.88. The first-order valence-corrected chi connectivity index (χ1v) is 7.21. The van der Waals surface area contributed by atoms with E-state index >= 15 is 0 Å². The van der Waals surface area contributed by atoms with E-state index in [0.717, 1.165) is 5.56 Å². The molecule has 0 radical (unpaired) electrons. The Kier molecular flexibility index (Phi) is 3.45. The van der Waals surface area contributed by atoms with Crippen molar-refractivity contribution in [1.29, 1.82) is 0 Å². The largest absolute Gasteiger partial charge is 0.481 e. The lowest BCUT2D eigenvalue weighted by Crippen LogP contribution is -2.37. The topological polar surface area (TPSA) is 70.1 Å². The van der Waals surface area contributed by atoms with E-state index in [1.165, 1.54) is 0 Å². The van der Waals surface area contributed by atoms with Crippen molar-refractivity contribution in [3.8, 4) is 0 Å². The number of hydrogen-bond donors (Lipinski definition) is 1. The van der Waals surface area contributed by atoms with E-state index in [2.05, 4.69) is 0 Å². The van der Waals surface area contributed by atoms with Gasteiger partial charge in [-0.3, -0.25) is 9.59 Å². The number of carboxylic acid groups (broad SMARTS) is 1. The molecule has 21 heavy (non-hydrogen) atoms. The summed E-state index contributed by atoms with van der Waals surface area (Å²) in [6.07, 6.45) is 0.492. The van der Waals surface area contributed by atoms with Gasteiger partial charge in [0.15, 0.2) is 0 Å². The number of benzene rings is 1. The number of rotatable bonds is 5. The fraction of sp³-hybridized carbons (Fsp3) is 0.500. The summed E-state index contributed by atoms with van der Waals surface area (Å²) in [5, 5.41) is 9.59. The molecule has 1 aromatic rings. The molecular weight excluding hydrogens is 270 g/mol. The van der Waals surface area contributed by atoms with Crippen LogP contribution in [-0.2, 0) is 14.3 Å². The van der Waals surface area contributed by atoms with E-state index in [1.807, 2.05) is 37.3 Å². The number of amides is 1. The summed E-state index contributed by atoms with van der Waals surface area (Å²) >= 11 is 0. The van der Waals surface area contributed by atoms with Gasteiger partial charge in [0.25, 0.3) is 0 Å². The number of carbonyl (C=O) groups excluding carboxylic acids is 1. The minimum Gasteiger partial charge on any atom is -0.481 e. The third-order valence-corrected chi connectivity index (χ3v) is 4.51. The molecule has 0 aromatic heterocycles. The standard InChI is InChI=1S/C16H19NO4/c1-11(12-5-3-2-4-6-12)17-10-16(15(19)20,8-14(17)18)7-13-9-21-13/h2-6,11,13H,7-10H2,1H3,(H,19,20)/t11-,13?,16?/m1/s1. The van der Waals surface area contributed by atoms with Gasteiger partial charge in [0.05, 0.1) is 24.2 Å². The van der Waals surface area contributed by atoms with Crippen LogP contribution < -0.4 is 0 Å². The average molecular weight is 289 g/mol. The fourth-order valence-electron chi connectivity index (χ4n) is 3.11. The van der Waals surface area contributed by atoms with Crippen LogP contribution in [0.1, 0.15) is 31.4 Å². The second kappa shape index (κ2) is 5.15. The maximum absolute atomic E-state index is 12.3. The zero-order chi connectivity index (χ0) is 15.0. The molecule has 0 bridgehead atoms. The number of epoxide rings is 1. The summed E-state index contributed by atoms with van der Waals surface area (Å²) in [5.41, 5.74) is 0.0242. The lowest BCUT2D eigenvalue weighted by Gasteiger charge is -2.28. The minimum absolute atomic E-state index is 0.000816. The molecule has 0 spiro atoms. The summed E-state index contributed by atoms with van der Waals surface area (Å²) in [7, 11) is 0. The second-order valence-electron chi connectivity index (χ2n) is 6.03. The quantitative estimate of drug-likeness (QED) is 0.840. The molecule has 3 rings (SSSR count). The maximum Gasteiger partial charge on any atom is 0.312 e. The zero-order valence-electron chi connectivity index (χ0n) is 12.0. The predicted octanol–water partition coefficient (Wildman–Crippen LogP) is 1.84. The minimum atomic E-state index is -0.999. The van der Waals surface area contributed by atoms with Crippen LogP contribution in [0.5, 0.6) is 0 Å². The van der Waals surface area contributed by atoms with E-state index in [4.69, 9.17) is 4.74 Å². The number of carbonyl (C=O) groups is 2. The summed E-state index contributed by atoms with van der Waals surface area (Å²) in [4.78, 5) is 25.7. The summed E-state index contributed by atoms with van der Waals surface area (Å²) in [5.74, 6) is -0.983. The molecule has 5 heteroatoms. The molecule has 2 saturated heterocycles. The van der Waals surface area contributed by atoms with Crippen molar-refractivity contribution in [2.24, 2.45) is 5.41 Å². The average Bonchev–Trinajstić information content (AvgIpc) is 3.21. The van der Waals surface area contributed by atoms with Crippen LogP contribution in [0.3, 0.4) is 0 Å². The van der Waals surface area contributed by atoms with Crippen molar-refractivity contribution in [1.82, 2.24) is 4.90 Å². The molecule has 112 valence electrons. The van der Waals surface area contributed by atoms with Gasteiger partial charge >= 0.3 is 5.97 Å². The second-order valence-corrected chi connectivity index (χ2v) is 6.03. The number of hydrogen-bond acceptors (Lipinski definition) is 3. The first-order valence-electron chi connectivity index (χ1n) is 7.21. The van der Waals surface area contributed by atoms with E-state index in [9.17, 15) is 14.7 Å². The Bertz CT molecular complexity index is 555. The van der Waals surface area contributed by atoms with Gasteiger partial charge in [0, 0.05) is 13.0 Å². The summed E-state index contributed by atoms with van der Waals surface area (Å²) in [6.45, 7) is 2.81. The third kappa shape index (κ3) is 2.65. The highest BCUT2D eigenvalue weighted by atomic mass is 16.6. The van der Waals surface area contributed by atoms with Gasteiger partial charge in [-0.2, -0.15) is 0 Å². The monoisotopic (exact) mass is 289 g/mol. The van der Waals surface area contributed by atoms with Gasteiger partial charge in [0.2, 0.25) is 5.91 Å². The Morgan fingerprint density at radius 3 is 2.71 bits per heavy atom. The number of likely N-dealkylation sites (tertiary alicyclic amines) is 1. The van der Waals surface area contributed by atoms with Gasteiger partial charge in [-0.25, -0.2) is 0 Å². The molecule has 1 aromatic carbocycles. The van der Waals surface area contributed by atoms with Crippen LogP contribution in [0, 0.1) is 5.41 Å². The Morgan fingerprint density at radius 2 is 2.14 bits per heavy atom. The van der Waals surface area contributed by atoms with Crippen LogP contribution in [0.15, 0.2) is 30.3 Å². The molecule has 3 atom stereocenters. The molecule has 2 unspecified atom stereocenters. The molecule has 0 saturated carbocycles. The molecule has 2 fully saturated rings. The Labute approximate surface area is 123 Å². The van der Waals surface area contributed by atoms with Gasteiger partial charge in [-0.1, -0.05) is 30.3 Å². The van der Waals surface area contributed by atoms with E-state index in [-0.39, 0.29) is 31.0 Å². The van der Waals surface area contributed by atoms with Gasteiger partial charge in [-0.05, 0) is 18.9 Å². The molecule has 2 aliphatic rings. The highest BCUT2D eigenvalue weighted by molar-refractivity contribution is 5.89. The number of carboxylic acids is 1. The van der Waals surface area contributed by atoms with Crippen LogP contribution in [0.2, 0.25) is 0 Å². The highest BCUT2D eigenvalue weighted by Gasteiger charge is 2.53. The molecule has 5 nitrogen and oxygen atoms in total. The van der Waals surface area contributed by atoms with Crippen LogP contribution in [0.25, 0.3) is 0 Å². The molecular formula is C16H19NO4. The zero-order valence-corrected chi connectivity index (χ0v) is 12.0. The van der Waals surface area contributed by atoms with Crippen LogP contribution >= 0.6 is 0 Å². The first-order chi connectivity index (χ1) is 10.0. The molecule has 2 heterocycles. The van der Waals surface area contributed by atoms with Crippen LogP contribution in [-0.4, -0.2) is 41.1 Å². The molecule has 0 aliphatic carbocycles. The first kappa shape index (κ1) is 14.1. The maximum atomic E-state index is 12.3. The van der Waals surface area contributed by atoms with Crippen molar-refractivity contribution < 1.29 is 19.4 Å². The van der Waals surface area contributed by atoms with E-state index in [0.29, 0.717) is 13.0 Å². The number of nitrogens with zero attached hydrogens (tertiary/aromatic N) is 1. The van der Waals surface area contributed by atoms with Crippen molar-refractivity contribution >= 4 is 11.9 Å². The van der Waals surface area contributed by atoms with Crippen molar-refractivity contribution in [3.63, 3.8) is 0 Å². The lowest BCUT2D eigenvalue weighted by atomic mass is 9.82. The smallest absolute Gasteiger partial charge is 0.312 e. The molecule has 1 amide bonds. The van der Waals surface area contributed by atoms with Crippen molar-refractivity contribution in [2.75, 3.05) is 13.2 Å². The molecule has 1 N–H and O–H groups in total.